The quantitative estimate of drug-likeness (QED) is 0.456. The Morgan fingerprint density at radius 1 is 0.800 bits per heavy atom. The van der Waals surface area contributed by atoms with Gasteiger partial charge < -0.3 is 0 Å². The normalized spacial score (nSPS) is 11.0. The molecule has 0 saturated heterocycles. The van der Waals surface area contributed by atoms with Crippen LogP contribution in [0, 0.1) is 0 Å². The van der Waals surface area contributed by atoms with Crippen molar-refractivity contribution < 1.29 is 4.79 Å². The minimum atomic E-state index is -0.157. The van der Waals surface area contributed by atoms with Gasteiger partial charge in [-0.05, 0) is 60.7 Å². The highest BCUT2D eigenvalue weighted by Crippen LogP contribution is 2.27. The van der Waals surface area contributed by atoms with E-state index in [0.717, 1.165) is 16.6 Å². The zero-order chi connectivity index (χ0) is 17.4. The third-order valence-electron chi connectivity index (χ3n) is 3.96. The van der Waals surface area contributed by atoms with Crippen LogP contribution in [-0.4, -0.2) is 15.5 Å². The molecule has 0 atom stereocenters. The zero-order valence-corrected chi connectivity index (χ0v) is 14.5. The van der Waals surface area contributed by atoms with E-state index in [4.69, 9.17) is 23.2 Å². The van der Waals surface area contributed by atoms with Crippen LogP contribution < -0.4 is 0 Å². The van der Waals surface area contributed by atoms with E-state index in [2.05, 4.69) is 4.98 Å². The van der Waals surface area contributed by atoms with E-state index in [0.29, 0.717) is 21.4 Å². The molecule has 3 aromatic carbocycles. The van der Waals surface area contributed by atoms with Crippen LogP contribution in [0.2, 0.25) is 10.0 Å². The number of fused-ring (bicyclic) bond motifs is 1. The summed E-state index contributed by atoms with van der Waals surface area (Å²) in [5.74, 6) is 0.424. The van der Waals surface area contributed by atoms with Gasteiger partial charge in [-0.15, -0.1) is 0 Å². The van der Waals surface area contributed by atoms with Crippen molar-refractivity contribution in [3.05, 3.63) is 88.4 Å². The largest absolute Gasteiger partial charge is 0.268 e. The van der Waals surface area contributed by atoms with Gasteiger partial charge in [0.2, 0.25) is 0 Å². The summed E-state index contributed by atoms with van der Waals surface area (Å²) in [6.07, 6.45) is 0. The summed E-state index contributed by atoms with van der Waals surface area (Å²) in [6.45, 7) is 0. The predicted octanol–water partition coefficient (Wildman–Crippen LogP) is 5.70. The molecule has 0 aliphatic heterocycles. The first-order valence-corrected chi connectivity index (χ1v) is 8.43. The Kier molecular flexibility index (Phi) is 4.04. The van der Waals surface area contributed by atoms with Gasteiger partial charge in [0.05, 0.1) is 11.0 Å². The maximum atomic E-state index is 13.1. The maximum absolute atomic E-state index is 13.1. The molecule has 0 spiro atoms. The molecule has 4 rings (SSSR count). The molecule has 1 aromatic heterocycles. The Morgan fingerprint density at radius 3 is 2.08 bits per heavy atom. The molecule has 25 heavy (non-hydrogen) atoms. The summed E-state index contributed by atoms with van der Waals surface area (Å²) >= 11 is 11.9. The highest BCUT2D eigenvalue weighted by Gasteiger charge is 2.19. The number of hydrogen-bond acceptors (Lipinski definition) is 2. The Labute approximate surface area is 154 Å². The number of benzene rings is 3. The fourth-order valence-electron chi connectivity index (χ4n) is 2.75. The van der Waals surface area contributed by atoms with Gasteiger partial charge in [-0.25, -0.2) is 4.98 Å². The number of rotatable bonds is 2. The fraction of sp³-hybridized carbons (Fsp3) is 0. The van der Waals surface area contributed by atoms with Crippen LogP contribution in [0.4, 0.5) is 0 Å². The van der Waals surface area contributed by atoms with Gasteiger partial charge in [-0.1, -0.05) is 35.3 Å². The molecule has 5 heteroatoms. The van der Waals surface area contributed by atoms with Crippen molar-refractivity contribution in [2.75, 3.05) is 0 Å². The summed E-state index contributed by atoms with van der Waals surface area (Å²) in [5.41, 5.74) is 2.88. The summed E-state index contributed by atoms with van der Waals surface area (Å²) in [6, 6.07) is 21.7. The van der Waals surface area contributed by atoms with E-state index in [9.17, 15) is 4.79 Å². The van der Waals surface area contributed by atoms with E-state index in [1.54, 1.807) is 41.0 Å². The lowest BCUT2D eigenvalue weighted by Crippen LogP contribution is -2.13. The van der Waals surface area contributed by atoms with Crippen molar-refractivity contribution >= 4 is 40.1 Å². The fourth-order valence-corrected chi connectivity index (χ4v) is 3.00. The highest BCUT2D eigenvalue weighted by molar-refractivity contribution is 6.31. The van der Waals surface area contributed by atoms with E-state index < -0.39 is 0 Å². The zero-order valence-electron chi connectivity index (χ0n) is 13.0. The Morgan fingerprint density at radius 2 is 1.40 bits per heavy atom. The minimum Gasteiger partial charge on any atom is -0.268 e. The molecule has 3 nitrogen and oxygen atoms in total. The van der Waals surface area contributed by atoms with Crippen LogP contribution in [-0.2, 0) is 0 Å². The summed E-state index contributed by atoms with van der Waals surface area (Å²) in [5, 5.41) is 1.22. The number of imidazole rings is 1. The van der Waals surface area contributed by atoms with Gasteiger partial charge in [-0.3, -0.25) is 9.36 Å². The van der Waals surface area contributed by atoms with Gasteiger partial charge in [0.25, 0.3) is 5.91 Å². The third kappa shape index (κ3) is 2.93. The van der Waals surface area contributed by atoms with Crippen LogP contribution in [0.5, 0.6) is 0 Å². The average Bonchev–Trinajstić information content (AvgIpc) is 3.02. The monoisotopic (exact) mass is 366 g/mol. The van der Waals surface area contributed by atoms with E-state index in [1.165, 1.54) is 0 Å². The standard InChI is InChI=1S/C20H12Cl2N2O/c21-15-9-5-13(6-10-15)19-23-17-3-1-2-4-18(17)24(19)20(25)14-7-11-16(22)12-8-14/h1-12H. The molecule has 122 valence electrons. The summed E-state index contributed by atoms with van der Waals surface area (Å²) < 4.78 is 1.63. The molecule has 4 aromatic rings. The number of aromatic nitrogens is 2. The Balaban J connectivity index is 1.94. The third-order valence-corrected chi connectivity index (χ3v) is 4.46. The first-order valence-electron chi connectivity index (χ1n) is 7.67. The number of halogens is 2. The lowest BCUT2D eigenvalue weighted by molar-refractivity contribution is 0.0966. The highest BCUT2D eigenvalue weighted by atomic mass is 35.5. The molecule has 0 unspecified atom stereocenters. The van der Waals surface area contributed by atoms with E-state index >= 15 is 0 Å². The van der Waals surface area contributed by atoms with Gasteiger partial charge in [0.1, 0.15) is 5.82 Å². The van der Waals surface area contributed by atoms with Crippen molar-refractivity contribution in [2.45, 2.75) is 0 Å². The van der Waals surface area contributed by atoms with Crippen molar-refractivity contribution in [3.8, 4) is 11.4 Å². The summed E-state index contributed by atoms with van der Waals surface area (Å²) in [7, 11) is 0. The number of carbonyl (C=O) groups excluding carboxylic acids is 1. The lowest BCUT2D eigenvalue weighted by atomic mass is 10.2. The molecule has 0 saturated carbocycles. The van der Waals surface area contributed by atoms with Crippen LogP contribution >= 0.6 is 23.2 Å². The predicted molar refractivity (Wildman–Crippen MR) is 101 cm³/mol. The molecular weight excluding hydrogens is 355 g/mol. The van der Waals surface area contributed by atoms with E-state index in [-0.39, 0.29) is 5.91 Å². The molecule has 0 aliphatic rings. The number of nitrogens with zero attached hydrogens (tertiary/aromatic N) is 2. The van der Waals surface area contributed by atoms with Crippen molar-refractivity contribution in [3.63, 3.8) is 0 Å². The molecule has 0 N–H and O–H groups in total. The number of para-hydroxylation sites is 2. The minimum absolute atomic E-state index is 0.157. The van der Waals surface area contributed by atoms with Crippen molar-refractivity contribution in [1.29, 1.82) is 0 Å². The van der Waals surface area contributed by atoms with Gasteiger partial charge in [0.15, 0.2) is 0 Å². The van der Waals surface area contributed by atoms with Crippen LogP contribution in [0.1, 0.15) is 10.4 Å². The lowest BCUT2D eigenvalue weighted by Gasteiger charge is -2.08. The molecule has 0 amide bonds. The SMILES string of the molecule is O=C(c1ccc(Cl)cc1)n1c(-c2ccc(Cl)cc2)nc2ccccc21. The first-order chi connectivity index (χ1) is 12.1. The number of carbonyl (C=O) groups is 1. The molecule has 1 heterocycles. The Hall–Kier alpha value is -2.62. The number of hydrogen-bond donors (Lipinski definition) is 0. The van der Waals surface area contributed by atoms with Gasteiger partial charge >= 0.3 is 0 Å². The van der Waals surface area contributed by atoms with Crippen LogP contribution in [0.25, 0.3) is 22.4 Å². The van der Waals surface area contributed by atoms with Crippen LogP contribution in [0.3, 0.4) is 0 Å². The topological polar surface area (TPSA) is 34.9 Å². The molecule has 0 bridgehead atoms. The molecular formula is C20H12Cl2N2O. The molecule has 0 fully saturated rings. The second-order valence-corrected chi connectivity index (χ2v) is 6.45. The van der Waals surface area contributed by atoms with Gasteiger partial charge in [-0.2, -0.15) is 0 Å². The van der Waals surface area contributed by atoms with Crippen molar-refractivity contribution in [2.24, 2.45) is 0 Å². The second kappa shape index (κ2) is 6.36. The summed E-state index contributed by atoms with van der Waals surface area (Å²) in [4.78, 5) is 17.8. The average molecular weight is 367 g/mol. The first kappa shape index (κ1) is 15.9. The second-order valence-electron chi connectivity index (χ2n) is 5.58. The van der Waals surface area contributed by atoms with Crippen molar-refractivity contribution in [1.82, 2.24) is 9.55 Å². The van der Waals surface area contributed by atoms with Crippen LogP contribution in [0.15, 0.2) is 72.8 Å². The van der Waals surface area contributed by atoms with E-state index in [1.807, 2.05) is 36.4 Å². The van der Waals surface area contributed by atoms with Gasteiger partial charge in [0, 0.05) is 21.2 Å². The molecule has 0 aliphatic carbocycles. The maximum Gasteiger partial charge on any atom is 0.264 e. The molecule has 0 radical (unpaired) electrons. The smallest absolute Gasteiger partial charge is 0.264 e. The Bertz CT molecular complexity index is 1070.